The molecule has 0 nitrogen and oxygen atoms in total. The van der Waals surface area contributed by atoms with Crippen LogP contribution in [0.25, 0.3) is 0 Å². The number of hydrogen-bond donors (Lipinski definition) is 0. The van der Waals surface area contributed by atoms with Crippen LogP contribution in [0.3, 0.4) is 0 Å². The maximum Gasteiger partial charge on any atom is 0.0257 e. The lowest BCUT2D eigenvalue weighted by Crippen LogP contribution is -2.21. The lowest BCUT2D eigenvalue weighted by Gasteiger charge is -2.33. The molecule has 0 amide bonds. The first-order valence-corrected chi connectivity index (χ1v) is 7.01. The minimum absolute atomic E-state index is 0.585. The molecule has 2 fully saturated rings. The fourth-order valence-electron chi connectivity index (χ4n) is 3.79. The average Bonchev–Trinajstić information content (AvgIpc) is 3.05. The van der Waals surface area contributed by atoms with Gasteiger partial charge in [-0.25, -0.2) is 0 Å². The van der Waals surface area contributed by atoms with Crippen LogP contribution in [0.2, 0.25) is 0 Å². The van der Waals surface area contributed by atoms with Crippen molar-refractivity contribution in [3.05, 3.63) is 35.9 Å². The maximum absolute atomic E-state index is 6.07. The fraction of sp³-hybridized carbons (Fsp3) is 0.600. The summed E-state index contributed by atoms with van der Waals surface area (Å²) in [6, 6.07) is 11.1. The number of benzene rings is 1. The Kier molecular flexibility index (Phi) is 2.71. The van der Waals surface area contributed by atoms with Gasteiger partial charge < -0.3 is 0 Å². The highest BCUT2D eigenvalue weighted by Gasteiger charge is 2.58. The third kappa shape index (κ3) is 1.59. The Bertz CT molecular complexity index is 359. The van der Waals surface area contributed by atoms with Crippen molar-refractivity contribution in [1.29, 1.82) is 0 Å². The van der Waals surface area contributed by atoms with Crippen LogP contribution >= 0.6 is 11.6 Å². The second-order valence-electron chi connectivity index (χ2n) is 5.50. The highest BCUT2D eigenvalue weighted by atomic mass is 35.5. The molecule has 0 bridgehead atoms. The Morgan fingerprint density at radius 1 is 1.19 bits per heavy atom. The van der Waals surface area contributed by atoms with Gasteiger partial charge in [-0.2, -0.15) is 0 Å². The molecule has 1 aromatic carbocycles. The summed E-state index contributed by atoms with van der Waals surface area (Å²) >= 11 is 6.07. The van der Waals surface area contributed by atoms with E-state index in [0.717, 1.165) is 17.7 Å². The summed E-state index contributed by atoms with van der Waals surface area (Å²) in [7, 11) is 0. The summed E-state index contributed by atoms with van der Waals surface area (Å²) in [5.74, 6) is 2.44. The van der Waals surface area contributed by atoms with Gasteiger partial charge in [-0.3, -0.25) is 0 Å². The molecule has 3 unspecified atom stereocenters. The van der Waals surface area contributed by atoms with Crippen LogP contribution in [0.5, 0.6) is 0 Å². The Morgan fingerprint density at radius 2 is 2.00 bits per heavy atom. The van der Waals surface area contributed by atoms with E-state index in [1.54, 1.807) is 5.56 Å². The first-order chi connectivity index (χ1) is 7.87. The number of halogens is 1. The fourth-order valence-corrected chi connectivity index (χ4v) is 4.21. The number of rotatable bonds is 2. The number of hydrogen-bond acceptors (Lipinski definition) is 0. The lowest BCUT2D eigenvalue weighted by atomic mass is 9.71. The summed E-state index contributed by atoms with van der Waals surface area (Å²) in [5, 5.41) is 0. The van der Waals surface area contributed by atoms with Gasteiger partial charge in [-0.1, -0.05) is 43.2 Å². The second kappa shape index (κ2) is 4.07. The molecule has 0 radical (unpaired) electrons. The Morgan fingerprint density at radius 3 is 2.69 bits per heavy atom. The molecule has 1 heteroatoms. The van der Waals surface area contributed by atoms with Gasteiger partial charge in [0.05, 0.1) is 0 Å². The molecule has 1 spiro atoms. The van der Waals surface area contributed by atoms with Gasteiger partial charge in [0, 0.05) is 5.88 Å². The van der Waals surface area contributed by atoms with E-state index < -0.39 is 0 Å². The van der Waals surface area contributed by atoms with Crippen LogP contribution in [-0.2, 0) is 0 Å². The van der Waals surface area contributed by atoms with Crippen molar-refractivity contribution in [3.63, 3.8) is 0 Å². The van der Waals surface area contributed by atoms with E-state index in [1.807, 2.05) is 0 Å². The molecule has 16 heavy (non-hydrogen) atoms. The minimum atomic E-state index is 0.585. The number of alkyl halides is 1. The van der Waals surface area contributed by atoms with Crippen LogP contribution in [0.1, 0.15) is 43.6 Å². The van der Waals surface area contributed by atoms with Crippen LogP contribution in [0.4, 0.5) is 0 Å². The van der Waals surface area contributed by atoms with Crippen LogP contribution in [0.15, 0.2) is 30.3 Å². The van der Waals surface area contributed by atoms with E-state index in [2.05, 4.69) is 30.3 Å². The van der Waals surface area contributed by atoms with Gasteiger partial charge in [0.15, 0.2) is 0 Å². The third-order valence-corrected chi connectivity index (χ3v) is 5.12. The van der Waals surface area contributed by atoms with Gasteiger partial charge >= 0.3 is 0 Å². The summed E-state index contributed by atoms with van der Waals surface area (Å²) in [6.07, 6.45) is 6.96. The van der Waals surface area contributed by atoms with Crippen molar-refractivity contribution in [2.75, 3.05) is 5.88 Å². The van der Waals surface area contributed by atoms with E-state index in [-0.39, 0.29) is 0 Å². The van der Waals surface area contributed by atoms with E-state index in [0.29, 0.717) is 5.41 Å². The molecule has 2 saturated carbocycles. The molecule has 0 N–H and O–H groups in total. The van der Waals surface area contributed by atoms with E-state index in [4.69, 9.17) is 11.6 Å². The molecule has 2 aliphatic rings. The molecule has 3 atom stereocenters. The SMILES string of the molecule is ClCC1CC12CCCCC2c1ccccc1. The zero-order valence-electron chi connectivity index (χ0n) is 9.66. The van der Waals surface area contributed by atoms with Crippen LogP contribution < -0.4 is 0 Å². The summed E-state index contributed by atoms with van der Waals surface area (Å²) in [5.41, 5.74) is 2.14. The predicted molar refractivity (Wildman–Crippen MR) is 68.9 cm³/mol. The second-order valence-corrected chi connectivity index (χ2v) is 5.81. The molecule has 0 saturated heterocycles. The quantitative estimate of drug-likeness (QED) is 0.657. The standard InChI is InChI=1S/C15H19Cl/c16-11-13-10-15(13)9-5-4-8-14(15)12-6-2-1-3-7-12/h1-3,6-7,13-14H,4-5,8-11H2. The largest absolute Gasteiger partial charge is 0.126 e. The Hall–Kier alpha value is -0.490. The third-order valence-electron chi connectivity index (χ3n) is 4.75. The maximum atomic E-state index is 6.07. The molecule has 0 aliphatic heterocycles. The molecular formula is C15H19Cl. The molecule has 0 heterocycles. The van der Waals surface area contributed by atoms with E-state index in [9.17, 15) is 0 Å². The van der Waals surface area contributed by atoms with Crippen LogP contribution in [0, 0.1) is 11.3 Å². The van der Waals surface area contributed by atoms with Crippen molar-refractivity contribution in [3.8, 4) is 0 Å². The monoisotopic (exact) mass is 234 g/mol. The van der Waals surface area contributed by atoms with Crippen LogP contribution in [-0.4, -0.2) is 5.88 Å². The Labute approximate surface area is 103 Å². The molecular weight excluding hydrogens is 216 g/mol. The molecule has 1 aromatic rings. The summed E-state index contributed by atoms with van der Waals surface area (Å²) < 4.78 is 0. The van der Waals surface area contributed by atoms with Gasteiger partial charge in [-0.15, -0.1) is 11.6 Å². The van der Waals surface area contributed by atoms with Gasteiger partial charge in [0.1, 0.15) is 0 Å². The molecule has 0 aromatic heterocycles. The van der Waals surface area contributed by atoms with Crippen molar-refractivity contribution in [1.82, 2.24) is 0 Å². The van der Waals surface area contributed by atoms with Gasteiger partial charge in [-0.05, 0) is 42.1 Å². The highest BCUT2D eigenvalue weighted by Crippen LogP contribution is 2.67. The van der Waals surface area contributed by atoms with E-state index in [1.165, 1.54) is 32.1 Å². The average molecular weight is 235 g/mol. The van der Waals surface area contributed by atoms with Crippen molar-refractivity contribution >= 4 is 11.6 Å². The Balaban J connectivity index is 1.88. The summed E-state index contributed by atoms with van der Waals surface area (Å²) in [6.45, 7) is 0. The topological polar surface area (TPSA) is 0 Å². The van der Waals surface area contributed by atoms with Crippen molar-refractivity contribution < 1.29 is 0 Å². The highest BCUT2D eigenvalue weighted by molar-refractivity contribution is 6.18. The van der Waals surface area contributed by atoms with Crippen molar-refractivity contribution in [2.24, 2.45) is 11.3 Å². The molecule has 86 valence electrons. The van der Waals surface area contributed by atoms with Gasteiger partial charge in [0.25, 0.3) is 0 Å². The first kappa shape index (κ1) is 10.7. The smallest absolute Gasteiger partial charge is 0.0257 e. The normalized spacial score (nSPS) is 37.6. The minimum Gasteiger partial charge on any atom is -0.126 e. The molecule has 2 aliphatic carbocycles. The van der Waals surface area contributed by atoms with Crippen molar-refractivity contribution in [2.45, 2.75) is 38.0 Å². The summed E-state index contributed by atoms with van der Waals surface area (Å²) in [4.78, 5) is 0. The van der Waals surface area contributed by atoms with E-state index >= 15 is 0 Å². The first-order valence-electron chi connectivity index (χ1n) is 6.48. The lowest BCUT2D eigenvalue weighted by molar-refractivity contribution is 0.264. The zero-order valence-corrected chi connectivity index (χ0v) is 10.4. The molecule has 3 rings (SSSR count). The zero-order chi connectivity index (χ0) is 11.0. The predicted octanol–water partition coefficient (Wildman–Crippen LogP) is 4.59. The van der Waals surface area contributed by atoms with Gasteiger partial charge in [0.2, 0.25) is 0 Å².